The van der Waals surface area contributed by atoms with Gasteiger partial charge in [-0.05, 0) is 33.1 Å². The molecule has 1 aromatic rings. The van der Waals surface area contributed by atoms with Gasteiger partial charge >= 0.3 is 6.09 Å². The average Bonchev–Trinajstić information content (AvgIpc) is 3.06. The van der Waals surface area contributed by atoms with Crippen molar-refractivity contribution in [2.24, 2.45) is 10.9 Å². The van der Waals surface area contributed by atoms with Crippen LogP contribution in [0, 0.1) is 5.92 Å². The Balaban J connectivity index is 0.00000450. The summed E-state index contributed by atoms with van der Waals surface area (Å²) < 4.78 is 7.41. The number of rotatable bonds is 6. The van der Waals surface area contributed by atoms with Crippen molar-refractivity contribution in [2.45, 2.75) is 72.1 Å². The number of halogens is 1. The SMILES string of the molecule is CCc1nc2n(n1)CC(NC(=NC)NCC(C)CN(C)C(=O)OC(C)(C)C)CC2.I. The Morgan fingerprint density at radius 1 is 1.43 bits per heavy atom. The molecule has 2 N–H and O–H groups in total. The number of guanidine groups is 1. The molecule has 2 unspecified atom stereocenters. The van der Waals surface area contributed by atoms with Crippen molar-refractivity contribution in [2.75, 3.05) is 27.2 Å². The first-order valence-corrected chi connectivity index (χ1v) is 10.4. The summed E-state index contributed by atoms with van der Waals surface area (Å²) in [6.45, 7) is 11.9. The summed E-state index contributed by atoms with van der Waals surface area (Å²) >= 11 is 0. The maximum Gasteiger partial charge on any atom is 0.410 e. The minimum Gasteiger partial charge on any atom is -0.444 e. The minimum atomic E-state index is -0.485. The molecule has 0 fully saturated rings. The molecular formula is C20H38IN7O2. The van der Waals surface area contributed by atoms with Gasteiger partial charge in [0.15, 0.2) is 11.8 Å². The Kier molecular flexibility index (Phi) is 10.3. The number of nitrogens with one attached hydrogen (secondary N) is 2. The highest BCUT2D eigenvalue weighted by Gasteiger charge is 2.23. The zero-order valence-corrected chi connectivity index (χ0v) is 21.7. The second-order valence-electron chi connectivity index (χ2n) is 8.78. The maximum atomic E-state index is 12.1. The summed E-state index contributed by atoms with van der Waals surface area (Å²) in [6, 6.07) is 0.264. The molecule has 0 saturated heterocycles. The van der Waals surface area contributed by atoms with E-state index in [1.807, 2.05) is 25.5 Å². The molecule has 1 aromatic heterocycles. The molecule has 2 rings (SSSR count). The van der Waals surface area contributed by atoms with Gasteiger partial charge in [0.25, 0.3) is 0 Å². The van der Waals surface area contributed by atoms with Crippen molar-refractivity contribution in [3.05, 3.63) is 11.6 Å². The van der Waals surface area contributed by atoms with E-state index in [1.165, 1.54) is 0 Å². The molecule has 2 heterocycles. The molecule has 1 aliphatic rings. The van der Waals surface area contributed by atoms with Crippen molar-refractivity contribution in [1.29, 1.82) is 0 Å². The highest BCUT2D eigenvalue weighted by Crippen LogP contribution is 2.13. The molecule has 10 heteroatoms. The van der Waals surface area contributed by atoms with Gasteiger partial charge in [0.1, 0.15) is 11.4 Å². The van der Waals surface area contributed by atoms with Crippen LogP contribution in [-0.4, -0.2) is 70.5 Å². The van der Waals surface area contributed by atoms with E-state index in [2.05, 4.69) is 39.6 Å². The zero-order chi connectivity index (χ0) is 21.6. The molecule has 30 heavy (non-hydrogen) atoms. The quantitative estimate of drug-likeness (QED) is 0.330. The van der Waals surface area contributed by atoms with E-state index >= 15 is 0 Å². The van der Waals surface area contributed by atoms with Crippen LogP contribution in [-0.2, 0) is 24.1 Å². The van der Waals surface area contributed by atoms with Crippen LogP contribution in [0.25, 0.3) is 0 Å². The van der Waals surface area contributed by atoms with E-state index in [-0.39, 0.29) is 42.0 Å². The normalized spacial score (nSPS) is 17.4. The molecule has 0 spiro atoms. The van der Waals surface area contributed by atoms with Crippen molar-refractivity contribution < 1.29 is 9.53 Å². The van der Waals surface area contributed by atoms with Gasteiger partial charge in [0, 0.05) is 46.1 Å². The van der Waals surface area contributed by atoms with Gasteiger partial charge in [0.2, 0.25) is 0 Å². The Morgan fingerprint density at radius 2 is 2.13 bits per heavy atom. The molecule has 2 atom stereocenters. The predicted octanol–water partition coefficient (Wildman–Crippen LogP) is 2.44. The second kappa shape index (κ2) is 11.7. The fraction of sp³-hybridized carbons (Fsp3) is 0.800. The largest absolute Gasteiger partial charge is 0.444 e. The third kappa shape index (κ3) is 8.27. The van der Waals surface area contributed by atoms with Crippen LogP contribution in [0.5, 0.6) is 0 Å². The Bertz CT molecular complexity index is 714. The van der Waals surface area contributed by atoms with Gasteiger partial charge in [-0.3, -0.25) is 4.99 Å². The van der Waals surface area contributed by atoms with Gasteiger partial charge in [0.05, 0.1) is 6.54 Å². The van der Waals surface area contributed by atoms with E-state index in [0.29, 0.717) is 13.1 Å². The van der Waals surface area contributed by atoms with Crippen LogP contribution < -0.4 is 10.6 Å². The lowest BCUT2D eigenvalue weighted by Gasteiger charge is -2.28. The number of fused-ring (bicyclic) bond motifs is 1. The number of carbonyl (C=O) groups is 1. The van der Waals surface area contributed by atoms with Crippen LogP contribution in [0.1, 0.15) is 52.7 Å². The summed E-state index contributed by atoms with van der Waals surface area (Å²) in [5.74, 6) is 2.99. The van der Waals surface area contributed by atoms with Gasteiger partial charge < -0.3 is 20.3 Å². The molecule has 0 saturated carbocycles. The summed E-state index contributed by atoms with van der Waals surface area (Å²) in [7, 11) is 3.53. The lowest BCUT2D eigenvalue weighted by atomic mass is 10.1. The number of nitrogens with zero attached hydrogens (tertiary/aromatic N) is 5. The smallest absolute Gasteiger partial charge is 0.410 e. The fourth-order valence-corrected chi connectivity index (χ4v) is 3.23. The highest BCUT2D eigenvalue weighted by atomic mass is 127. The Labute approximate surface area is 197 Å². The zero-order valence-electron chi connectivity index (χ0n) is 19.4. The summed E-state index contributed by atoms with van der Waals surface area (Å²) in [4.78, 5) is 22.6. The van der Waals surface area contributed by atoms with Gasteiger partial charge in [-0.15, -0.1) is 24.0 Å². The average molecular weight is 535 g/mol. The van der Waals surface area contributed by atoms with Gasteiger partial charge in [-0.25, -0.2) is 14.5 Å². The molecule has 0 bridgehead atoms. The lowest BCUT2D eigenvalue weighted by Crippen LogP contribution is -2.48. The molecular weight excluding hydrogens is 497 g/mol. The van der Waals surface area contributed by atoms with Gasteiger partial charge in [-0.1, -0.05) is 13.8 Å². The molecule has 1 amide bonds. The number of aliphatic imine (C=N–C) groups is 1. The number of hydrogen-bond donors (Lipinski definition) is 2. The van der Waals surface area contributed by atoms with E-state index < -0.39 is 5.60 Å². The van der Waals surface area contributed by atoms with Crippen molar-refractivity contribution in [3.63, 3.8) is 0 Å². The second-order valence-corrected chi connectivity index (χ2v) is 8.78. The standard InChI is InChI=1S/C20H37N7O2.HI/c1-8-16-24-17-10-9-15(13-27(17)25-16)23-18(21-6)22-11-14(2)12-26(7)19(28)29-20(3,4)5;/h14-15H,8-13H2,1-7H3,(H2,21,22,23);1H. The molecule has 0 aromatic carbocycles. The molecule has 9 nitrogen and oxygen atoms in total. The van der Waals surface area contributed by atoms with E-state index in [1.54, 1.807) is 19.0 Å². The number of amides is 1. The highest BCUT2D eigenvalue weighted by molar-refractivity contribution is 14.0. The first-order chi connectivity index (χ1) is 13.6. The number of aryl methyl sites for hydroxylation is 2. The lowest BCUT2D eigenvalue weighted by molar-refractivity contribution is 0.0278. The van der Waals surface area contributed by atoms with Crippen molar-refractivity contribution in [1.82, 2.24) is 30.3 Å². The van der Waals surface area contributed by atoms with Crippen molar-refractivity contribution in [3.8, 4) is 0 Å². The fourth-order valence-electron chi connectivity index (χ4n) is 3.23. The third-order valence-electron chi connectivity index (χ3n) is 4.69. The van der Waals surface area contributed by atoms with E-state index in [0.717, 1.165) is 43.4 Å². The summed E-state index contributed by atoms with van der Waals surface area (Å²) in [5.41, 5.74) is -0.485. The minimum absolute atomic E-state index is 0. The Hall–Kier alpha value is -1.59. The molecule has 1 aliphatic heterocycles. The van der Waals surface area contributed by atoms with Crippen LogP contribution in [0.3, 0.4) is 0 Å². The number of aromatic nitrogens is 3. The molecule has 0 aliphatic carbocycles. The predicted molar refractivity (Wildman–Crippen MR) is 129 cm³/mol. The first kappa shape index (κ1) is 26.4. The van der Waals surface area contributed by atoms with Crippen LogP contribution >= 0.6 is 24.0 Å². The topological polar surface area (TPSA) is 96.7 Å². The van der Waals surface area contributed by atoms with E-state index in [4.69, 9.17) is 4.74 Å². The van der Waals surface area contributed by atoms with Crippen LogP contribution in [0.4, 0.5) is 4.79 Å². The molecule has 0 radical (unpaired) electrons. The third-order valence-corrected chi connectivity index (χ3v) is 4.69. The maximum absolute atomic E-state index is 12.1. The van der Waals surface area contributed by atoms with E-state index in [9.17, 15) is 4.79 Å². The number of ether oxygens (including phenoxy) is 1. The van der Waals surface area contributed by atoms with Crippen molar-refractivity contribution >= 4 is 36.0 Å². The van der Waals surface area contributed by atoms with Gasteiger partial charge in [-0.2, -0.15) is 5.10 Å². The summed E-state index contributed by atoms with van der Waals surface area (Å²) in [5, 5.41) is 11.4. The first-order valence-electron chi connectivity index (χ1n) is 10.4. The summed E-state index contributed by atoms with van der Waals surface area (Å²) in [6.07, 6.45) is 2.47. The molecule has 172 valence electrons. The monoisotopic (exact) mass is 535 g/mol. The number of hydrogen-bond acceptors (Lipinski definition) is 5. The van der Waals surface area contributed by atoms with Crippen LogP contribution in [0.15, 0.2) is 4.99 Å². The van der Waals surface area contributed by atoms with Crippen LogP contribution in [0.2, 0.25) is 0 Å². The Morgan fingerprint density at radius 3 is 2.73 bits per heavy atom. The number of carbonyl (C=O) groups excluding carboxylic acids is 1.